The quantitative estimate of drug-likeness (QED) is 0.884. The lowest BCUT2D eigenvalue weighted by molar-refractivity contribution is 0.102. The molecule has 6 nitrogen and oxygen atoms in total. The number of rotatable bonds is 5. The molecule has 1 unspecified atom stereocenters. The van der Waals surface area contributed by atoms with Crippen molar-refractivity contribution in [3.05, 3.63) is 53.9 Å². The van der Waals surface area contributed by atoms with Gasteiger partial charge in [-0.2, -0.15) is 5.26 Å². The summed E-state index contributed by atoms with van der Waals surface area (Å²) in [7, 11) is 0. The number of benzene rings is 1. The van der Waals surface area contributed by atoms with Crippen molar-refractivity contribution in [2.45, 2.75) is 18.9 Å². The van der Waals surface area contributed by atoms with Gasteiger partial charge in [0.1, 0.15) is 5.69 Å². The van der Waals surface area contributed by atoms with Gasteiger partial charge >= 0.3 is 0 Å². The van der Waals surface area contributed by atoms with Crippen LogP contribution in [-0.2, 0) is 4.74 Å². The normalized spacial score (nSPS) is 16.4. The molecule has 0 bridgehead atoms. The highest BCUT2D eigenvalue weighted by Gasteiger charge is 2.15. The Kier molecular flexibility index (Phi) is 5.04. The lowest BCUT2D eigenvalue weighted by Crippen LogP contribution is -2.19. The third-order valence-corrected chi connectivity index (χ3v) is 3.80. The van der Waals surface area contributed by atoms with Crippen LogP contribution in [0.15, 0.2) is 42.6 Å². The molecule has 2 heterocycles. The second kappa shape index (κ2) is 7.57. The van der Waals surface area contributed by atoms with E-state index >= 15 is 0 Å². The Hall–Kier alpha value is -2.91. The van der Waals surface area contributed by atoms with E-state index in [1.165, 1.54) is 0 Å². The van der Waals surface area contributed by atoms with Crippen molar-refractivity contribution in [3.63, 3.8) is 0 Å². The SMILES string of the molecule is N#Cc1cccc(NC(=O)c2cc(NCC3CCCO3)ccn2)c1. The van der Waals surface area contributed by atoms with E-state index in [1.54, 1.807) is 36.5 Å². The average Bonchev–Trinajstić information content (AvgIpc) is 3.14. The molecule has 6 heteroatoms. The fourth-order valence-corrected chi connectivity index (χ4v) is 2.56. The molecule has 1 aliphatic rings. The summed E-state index contributed by atoms with van der Waals surface area (Å²) in [4.78, 5) is 16.4. The molecule has 1 aromatic heterocycles. The van der Waals surface area contributed by atoms with E-state index in [1.807, 2.05) is 12.1 Å². The number of ether oxygens (including phenoxy) is 1. The minimum Gasteiger partial charge on any atom is -0.382 e. The summed E-state index contributed by atoms with van der Waals surface area (Å²) in [6.45, 7) is 1.54. The molecule has 1 aromatic carbocycles. The average molecular weight is 322 g/mol. The molecule has 2 aromatic rings. The highest BCUT2D eigenvalue weighted by molar-refractivity contribution is 6.03. The Bertz CT molecular complexity index is 764. The zero-order valence-electron chi connectivity index (χ0n) is 13.2. The Balaban J connectivity index is 1.64. The van der Waals surface area contributed by atoms with Crippen LogP contribution in [0.3, 0.4) is 0 Å². The Morgan fingerprint density at radius 2 is 2.25 bits per heavy atom. The first kappa shape index (κ1) is 16.0. The van der Waals surface area contributed by atoms with Gasteiger partial charge < -0.3 is 15.4 Å². The summed E-state index contributed by atoms with van der Waals surface area (Å²) in [5.74, 6) is -0.314. The third-order valence-electron chi connectivity index (χ3n) is 3.80. The minimum absolute atomic E-state index is 0.226. The largest absolute Gasteiger partial charge is 0.382 e. The fourth-order valence-electron chi connectivity index (χ4n) is 2.56. The summed E-state index contributed by atoms with van der Waals surface area (Å²) >= 11 is 0. The number of anilines is 2. The van der Waals surface area contributed by atoms with E-state index in [0.29, 0.717) is 16.9 Å². The van der Waals surface area contributed by atoms with Gasteiger partial charge in [-0.05, 0) is 43.2 Å². The second-order valence-corrected chi connectivity index (χ2v) is 5.59. The summed E-state index contributed by atoms with van der Waals surface area (Å²) in [5.41, 5.74) is 2.21. The van der Waals surface area contributed by atoms with Gasteiger partial charge in [0.25, 0.3) is 5.91 Å². The Morgan fingerprint density at radius 1 is 1.33 bits per heavy atom. The number of hydrogen-bond donors (Lipinski definition) is 2. The zero-order valence-corrected chi connectivity index (χ0v) is 13.2. The standard InChI is InChI=1S/C18H18N4O2/c19-11-13-3-1-4-15(9-13)22-18(23)17-10-14(6-7-20-17)21-12-16-5-2-8-24-16/h1,3-4,6-7,9-10,16H,2,5,8,12H2,(H,20,21)(H,22,23). The number of nitrogens with one attached hydrogen (secondary N) is 2. The molecule has 3 rings (SSSR count). The number of amides is 1. The number of carbonyl (C=O) groups excluding carboxylic acids is 1. The first-order valence-corrected chi connectivity index (χ1v) is 7.87. The summed E-state index contributed by atoms with van der Waals surface area (Å²) in [5, 5.41) is 14.9. The number of nitrogens with zero attached hydrogens (tertiary/aromatic N) is 2. The van der Waals surface area contributed by atoms with Crippen molar-refractivity contribution in [2.24, 2.45) is 0 Å². The maximum absolute atomic E-state index is 12.3. The maximum Gasteiger partial charge on any atom is 0.274 e. The molecule has 1 fully saturated rings. The van der Waals surface area contributed by atoms with Gasteiger partial charge in [-0.15, -0.1) is 0 Å². The zero-order chi connectivity index (χ0) is 16.8. The molecule has 0 radical (unpaired) electrons. The lowest BCUT2D eigenvalue weighted by Gasteiger charge is -2.12. The smallest absolute Gasteiger partial charge is 0.274 e. The van der Waals surface area contributed by atoms with E-state index in [0.717, 1.165) is 31.7 Å². The van der Waals surface area contributed by atoms with Crippen LogP contribution < -0.4 is 10.6 Å². The highest BCUT2D eigenvalue weighted by Crippen LogP contribution is 2.15. The maximum atomic E-state index is 12.3. The molecule has 0 spiro atoms. The summed E-state index contributed by atoms with van der Waals surface area (Å²) in [6, 6.07) is 12.3. The first-order valence-electron chi connectivity index (χ1n) is 7.87. The molecule has 24 heavy (non-hydrogen) atoms. The predicted molar refractivity (Wildman–Crippen MR) is 90.8 cm³/mol. The van der Waals surface area contributed by atoms with Crippen molar-refractivity contribution < 1.29 is 9.53 Å². The van der Waals surface area contributed by atoms with E-state index in [9.17, 15) is 4.79 Å². The van der Waals surface area contributed by atoms with Crippen LogP contribution in [0.2, 0.25) is 0 Å². The topological polar surface area (TPSA) is 87.0 Å². The minimum atomic E-state index is -0.314. The van der Waals surface area contributed by atoms with E-state index < -0.39 is 0 Å². The van der Waals surface area contributed by atoms with Crippen LogP contribution in [0.4, 0.5) is 11.4 Å². The van der Waals surface area contributed by atoms with Crippen LogP contribution in [0.25, 0.3) is 0 Å². The summed E-state index contributed by atoms with van der Waals surface area (Å²) < 4.78 is 5.57. The summed E-state index contributed by atoms with van der Waals surface area (Å²) in [6.07, 6.45) is 3.97. The molecular formula is C18H18N4O2. The van der Waals surface area contributed by atoms with Crippen LogP contribution in [0.1, 0.15) is 28.9 Å². The van der Waals surface area contributed by atoms with Crippen LogP contribution >= 0.6 is 0 Å². The van der Waals surface area contributed by atoms with Gasteiger partial charge in [-0.1, -0.05) is 6.07 Å². The van der Waals surface area contributed by atoms with Gasteiger partial charge in [0.2, 0.25) is 0 Å². The van der Waals surface area contributed by atoms with Crippen molar-refractivity contribution in [1.82, 2.24) is 4.98 Å². The van der Waals surface area contributed by atoms with Gasteiger partial charge in [0.05, 0.1) is 17.7 Å². The molecule has 0 aliphatic carbocycles. The van der Waals surface area contributed by atoms with E-state index in [4.69, 9.17) is 10.00 Å². The monoisotopic (exact) mass is 322 g/mol. The van der Waals surface area contributed by atoms with Crippen LogP contribution in [0, 0.1) is 11.3 Å². The van der Waals surface area contributed by atoms with Gasteiger partial charge in [-0.25, -0.2) is 0 Å². The Morgan fingerprint density at radius 3 is 3.04 bits per heavy atom. The van der Waals surface area contributed by atoms with Crippen molar-refractivity contribution in [1.29, 1.82) is 5.26 Å². The molecular weight excluding hydrogens is 304 g/mol. The van der Waals surface area contributed by atoms with Gasteiger partial charge in [0, 0.05) is 30.7 Å². The predicted octanol–water partition coefficient (Wildman–Crippen LogP) is 2.80. The highest BCUT2D eigenvalue weighted by atomic mass is 16.5. The van der Waals surface area contributed by atoms with Gasteiger partial charge in [0.15, 0.2) is 0 Å². The number of carbonyl (C=O) groups is 1. The van der Waals surface area contributed by atoms with Crippen molar-refractivity contribution in [2.75, 3.05) is 23.8 Å². The molecule has 1 amide bonds. The van der Waals surface area contributed by atoms with E-state index in [2.05, 4.69) is 15.6 Å². The van der Waals surface area contributed by atoms with Crippen molar-refractivity contribution in [3.8, 4) is 6.07 Å². The Labute approximate surface area is 140 Å². The van der Waals surface area contributed by atoms with Crippen LogP contribution in [0.5, 0.6) is 0 Å². The fraction of sp³-hybridized carbons (Fsp3) is 0.278. The molecule has 1 saturated heterocycles. The van der Waals surface area contributed by atoms with Gasteiger partial charge in [-0.3, -0.25) is 9.78 Å². The molecule has 0 saturated carbocycles. The second-order valence-electron chi connectivity index (χ2n) is 5.59. The molecule has 122 valence electrons. The number of pyridine rings is 1. The first-order chi connectivity index (χ1) is 11.7. The lowest BCUT2D eigenvalue weighted by atomic mass is 10.2. The number of nitriles is 1. The number of aromatic nitrogens is 1. The molecule has 2 N–H and O–H groups in total. The van der Waals surface area contributed by atoms with Crippen molar-refractivity contribution >= 4 is 17.3 Å². The van der Waals surface area contributed by atoms with Crippen LogP contribution in [-0.4, -0.2) is 30.1 Å². The molecule has 1 aliphatic heterocycles. The third kappa shape index (κ3) is 4.09. The number of hydrogen-bond acceptors (Lipinski definition) is 5. The molecule has 1 atom stereocenters. The van der Waals surface area contributed by atoms with E-state index in [-0.39, 0.29) is 12.0 Å².